The second-order valence-electron chi connectivity index (χ2n) is 12.4. The fraction of sp³-hybridized carbons (Fsp3) is 0. The van der Waals surface area contributed by atoms with Crippen LogP contribution in [0.15, 0.2) is 158 Å². The summed E-state index contributed by atoms with van der Waals surface area (Å²) < 4.78 is 4.29. The third-order valence-electron chi connectivity index (χ3n) is 9.90. The van der Waals surface area contributed by atoms with E-state index >= 15 is 0 Å². The zero-order valence-corrected chi connectivity index (χ0v) is 25.8. The van der Waals surface area contributed by atoms with Gasteiger partial charge in [-0.2, -0.15) is 0 Å². The highest BCUT2D eigenvalue weighted by Crippen LogP contribution is 2.51. The lowest BCUT2D eigenvalue weighted by molar-refractivity contribution is 0.468. The summed E-state index contributed by atoms with van der Waals surface area (Å²) in [6, 6.07) is 53.6. The number of hydrogen-bond donors (Lipinski definition) is 2. The molecule has 0 amide bonds. The number of benzene rings is 8. The quantitative estimate of drug-likeness (QED) is 0.207. The van der Waals surface area contributed by atoms with Crippen molar-refractivity contribution < 1.29 is 10.2 Å². The molecule has 0 spiro atoms. The molecule has 0 saturated carbocycles. The zero-order valence-electron chi connectivity index (χ0n) is 25.8. The van der Waals surface area contributed by atoms with Crippen molar-refractivity contribution in [2.24, 2.45) is 0 Å². The Morgan fingerprint density at radius 3 is 0.917 bits per heavy atom. The number of phenolic OH excluding ortho intramolecular Hbond substituents is 2. The van der Waals surface area contributed by atoms with Gasteiger partial charge in [-0.3, -0.25) is 0 Å². The molecule has 10 rings (SSSR count). The maximum atomic E-state index is 12.6. The van der Waals surface area contributed by atoms with Crippen LogP contribution in [0.3, 0.4) is 0 Å². The molecule has 0 unspecified atom stereocenters. The summed E-state index contributed by atoms with van der Waals surface area (Å²) in [5.74, 6) is 0.222. The third-order valence-corrected chi connectivity index (χ3v) is 9.90. The highest BCUT2D eigenvalue weighted by molar-refractivity contribution is 6.15. The lowest BCUT2D eigenvalue weighted by Gasteiger charge is -2.21. The van der Waals surface area contributed by atoms with Gasteiger partial charge in [-0.05, 0) is 57.9 Å². The second-order valence-corrected chi connectivity index (χ2v) is 12.4. The summed E-state index contributed by atoms with van der Waals surface area (Å²) in [5, 5.41) is 33.4. The topological polar surface area (TPSA) is 50.3 Å². The number of fused-ring (bicyclic) bond motifs is 8. The monoisotopic (exact) mass is 616 g/mol. The molecule has 0 bridgehead atoms. The molecule has 4 heteroatoms. The van der Waals surface area contributed by atoms with E-state index in [0.717, 1.165) is 65.2 Å². The van der Waals surface area contributed by atoms with Crippen molar-refractivity contribution in [3.05, 3.63) is 158 Å². The maximum Gasteiger partial charge on any atom is 0.148 e. The van der Waals surface area contributed by atoms with Crippen molar-refractivity contribution in [2.75, 3.05) is 0 Å². The largest absolute Gasteiger partial charge is 0.505 e. The molecule has 2 heterocycles. The molecule has 0 aliphatic rings. The van der Waals surface area contributed by atoms with Crippen LogP contribution in [0.4, 0.5) is 0 Å². The first-order valence-electron chi connectivity index (χ1n) is 16.2. The Kier molecular flexibility index (Phi) is 5.55. The van der Waals surface area contributed by atoms with Crippen LogP contribution in [0, 0.1) is 0 Å². The molecule has 2 N–H and O–H groups in total. The molecule has 8 aromatic carbocycles. The summed E-state index contributed by atoms with van der Waals surface area (Å²) in [6.45, 7) is 0. The summed E-state index contributed by atoms with van der Waals surface area (Å²) >= 11 is 0. The Labute approximate surface area is 275 Å². The van der Waals surface area contributed by atoms with Crippen molar-refractivity contribution in [1.82, 2.24) is 9.13 Å². The van der Waals surface area contributed by atoms with Crippen LogP contribution in [-0.4, -0.2) is 19.3 Å². The zero-order chi connectivity index (χ0) is 31.9. The minimum absolute atomic E-state index is 0.111. The molecule has 0 fully saturated rings. The predicted molar refractivity (Wildman–Crippen MR) is 199 cm³/mol. The van der Waals surface area contributed by atoms with Gasteiger partial charge in [0.05, 0.1) is 33.4 Å². The van der Waals surface area contributed by atoms with Crippen LogP contribution >= 0.6 is 0 Å². The van der Waals surface area contributed by atoms with E-state index in [1.54, 1.807) is 0 Å². The third kappa shape index (κ3) is 3.60. The molecule has 0 radical (unpaired) electrons. The number of rotatable bonds is 3. The lowest BCUT2D eigenvalue weighted by Crippen LogP contribution is -2.00. The van der Waals surface area contributed by atoms with Crippen molar-refractivity contribution in [1.29, 1.82) is 0 Å². The van der Waals surface area contributed by atoms with E-state index in [1.807, 2.05) is 60.7 Å². The smallest absolute Gasteiger partial charge is 0.148 e. The van der Waals surface area contributed by atoms with Crippen LogP contribution in [0.25, 0.3) is 87.7 Å². The number of aromatic hydroxyl groups is 2. The average molecular weight is 617 g/mol. The minimum atomic E-state index is 0.111. The normalized spacial score (nSPS) is 11.9. The van der Waals surface area contributed by atoms with Crippen LogP contribution in [0.2, 0.25) is 0 Å². The van der Waals surface area contributed by atoms with Gasteiger partial charge in [0.2, 0.25) is 0 Å². The number of aromatic nitrogens is 2. The fourth-order valence-corrected chi connectivity index (χ4v) is 7.85. The van der Waals surface area contributed by atoms with Crippen LogP contribution in [0.5, 0.6) is 11.5 Å². The van der Waals surface area contributed by atoms with Crippen molar-refractivity contribution in [3.8, 4) is 34.0 Å². The number of nitrogens with zero attached hydrogens (tertiary/aromatic N) is 2. The Morgan fingerprint density at radius 2 is 0.583 bits per heavy atom. The van der Waals surface area contributed by atoms with Crippen molar-refractivity contribution in [3.63, 3.8) is 0 Å². The Balaban J connectivity index is 1.37. The van der Waals surface area contributed by atoms with E-state index in [0.29, 0.717) is 22.5 Å². The molecule has 10 aromatic rings. The highest BCUT2D eigenvalue weighted by atomic mass is 16.3. The van der Waals surface area contributed by atoms with Gasteiger partial charge in [0.25, 0.3) is 0 Å². The fourth-order valence-electron chi connectivity index (χ4n) is 7.85. The van der Waals surface area contributed by atoms with Crippen LogP contribution in [0.1, 0.15) is 0 Å². The molecular weight excluding hydrogens is 588 g/mol. The van der Waals surface area contributed by atoms with E-state index in [1.165, 1.54) is 0 Å². The first kappa shape index (κ1) is 26.7. The maximum absolute atomic E-state index is 12.6. The number of hydrogen-bond acceptors (Lipinski definition) is 2. The first-order chi connectivity index (χ1) is 23.7. The molecule has 0 saturated heterocycles. The summed E-state index contributed by atoms with van der Waals surface area (Å²) in [6.07, 6.45) is 0. The van der Waals surface area contributed by atoms with E-state index in [-0.39, 0.29) is 11.5 Å². The molecule has 0 aliphatic carbocycles. The lowest BCUT2D eigenvalue weighted by atomic mass is 9.90. The Bertz CT molecular complexity index is 2620. The molecule has 2 aromatic heterocycles. The average Bonchev–Trinajstić information content (AvgIpc) is 3.65. The van der Waals surface area contributed by atoms with Gasteiger partial charge in [0, 0.05) is 32.7 Å². The molecule has 0 atom stereocenters. The Morgan fingerprint density at radius 1 is 0.312 bits per heavy atom. The molecule has 0 aliphatic heterocycles. The molecule has 48 heavy (non-hydrogen) atoms. The summed E-state index contributed by atoms with van der Waals surface area (Å²) in [5.41, 5.74) is 6.53. The minimum Gasteiger partial charge on any atom is -0.505 e. The standard InChI is InChI=1S/C44H28N2O2/c47-43-39(45-35-21-9-5-17-31(35)32-18-6-10-22-36(32)45)25-27-13-1-3-15-29(27)41(43)42-30-16-4-2-14-28(30)26-40(44(42)48)46-37-23-11-7-19-33(37)34-20-8-12-24-38(34)46/h1-26,47-48H. The van der Waals surface area contributed by atoms with Gasteiger partial charge in [-0.1, -0.05) is 121 Å². The van der Waals surface area contributed by atoms with Gasteiger partial charge in [-0.25, -0.2) is 0 Å². The van der Waals surface area contributed by atoms with Gasteiger partial charge in [-0.15, -0.1) is 0 Å². The first-order valence-corrected chi connectivity index (χ1v) is 16.2. The van der Waals surface area contributed by atoms with E-state index in [4.69, 9.17) is 0 Å². The van der Waals surface area contributed by atoms with Crippen LogP contribution in [-0.2, 0) is 0 Å². The second kappa shape index (κ2) is 9.99. The van der Waals surface area contributed by atoms with E-state index in [9.17, 15) is 10.2 Å². The van der Waals surface area contributed by atoms with Gasteiger partial charge in [0.15, 0.2) is 0 Å². The van der Waals surface area contributed by atoms with Gasteiger partial charge < -0.3 is 19.3 Å². The van der Waals surface area contributed by atoms with Crippen LogP contribution < -0.4 is 0 Å². The Hall–Kier alpha value is -6.52. The predicted octanol–water partition coefficient (Wildman–Crippen LogP) is 11.3. The van der Waals surface area contributed by atoms with Gasteiger partial charge in [0.1, 0.15) is 11.5 Å². The SMILES string of the molecule is Oc1c(-n2c3ccccc3c3ccccc32)cc2ccccc2c1-c1c(O)c(-n2c3ccccc3c3ccccc32)cc2ccccc12. The summed E-state index contributed by atoms with van der Waals surface area (Å²) in [4.78, 5) is 0. The summed E-state index contributed by atoms with van der Waals surface area (Å²) in [7, 11) is 0. The van der Waals surface area contributed by atoms with E-state index in [2.05, 4.69) is 106 Å². The van der Waals surface area contributed by atoms with Crippen molar-refractivity contribution in [2.45, 2.75) is 0 Å². The van der Waals surface area contributed by atoms with Gasteiger partial charge >= 0.3 is 0 Å². The highest BCUT2D eigenvalue weighted by Gasteiger charge is 2.26. The molecule has 4 nitrogen and oxygen atoms in total. The van der Waals surface area contributed by atoms with E-state index < -0.39 is 0 Å². The molecular formula is C44H28N2O2. The number of phenols is 2. The molecule has 226 valence electrons. The van der Waals surface area contributed by atoms with Crippen molar-refractivity contribution >= 4 is 65.2 Å². The number of para-hydroxylation sites is 4.